The minimum Gasteiger partial charge on any atom is -0.207 e. The first kappa shape index (κ1) is 15.4. The van der Waals surface area contributed by atoms with E-state index in [2.05, 4.69) is 12.1 Å². The fourth-order valence-corrected chi connectivity index (χ4v) is 3.39. The molecule has 1 unspecified atom stereocenters. The van der Waals surface area contributed by atoms with Gasteiger partial charge in [-0.15, -0.1) is 23.4 Å². The van der Waals surface area contributed by atoms with E-state index in [9.17, 15) is 4.39 Å². The second-order valence-corrected chi connectivity index (χ2v) is 6.28. The molecule has 0 aliphatic carbocycles. The summed E-state index contributed by atoms with van der Waals surface area (Å²) in [6.45, 7) is 0. The molecule has 0 N–H and O–H groups in total. The molecule has 0 aromatic heterocycles. The zero-order valence-corrected chi connectivity index (χ0v) is 12.8. The third-order valence-electron chi connectivity index (χ3n) is 3.17. The molecule has 20 heavy (non-hydrogen) atoms. The minimum absolute atomic E-state index is 0.172. The largest absolute Gasteiger partial charge is 0.207 e. The Morgan fingerprint density at radius 1 is 1.05 bits per heavy atom. The van der Waals surface area contributed by atoms with E-state index in [1.165, 1.54) is 11.0 Å². The summed E-state index contributed by atoms with van der Waals surface area (Å²) in [5.41, 5.74) is 1.03. The van der Waals surface area contributed by atoms with Crippen LogP contribution in [0.2, 0.25) is 0 Å². The summed E-state index contributed by atoms with van der Waals surface area (Å²) >= 11 is 7.88. The molecule has 0 bridgehead atoms. The van der Waals surface area contributed by atoms with Crippen LogP contribution < -0.4 is 0 Å². The minimum atomic E-state index is -0.172. The summed E-state index contributed by atoms with van der Waals surface area (Å²) in [6, 6.07) is 17.2. The van der Waals surface area contributed by atoms with Gasteiger partial charge in [0, 0.05) is 10.8 Å². The van der Waals surface area contributed by atoms with Crippen molar-refractivity contribution in [1.29, 1.82) is 0 Å². The summed E-state index contributed by atoms with van der Waals surface area (Å²) in [6.07, 6.45) is 1.89. The van der Waals surface area contributed by atoms with Crippen molar-refractivity contribution in [2.75, 3.05) is 11.6 Å². The van der Waals surface area contributed by atoms with Gasteiger partial charge < -0.3 is 0 Å². The molecule has 2 rings (SSSR count). The predicted molar refractivity (Wildman–Crippen MR) is 86.1 cm³/mol. The van der Waals surface area contributed by atoms with Gasteiger partial charge in [0.15, 0.2) is 0 Å². The first-order chi connectivity index (χ1) is 9.78. The smallest absolute Gasteiger partial charge is 0.123 e. The van der Waals surface area contributed by atoms with Gasteiger partial charge in [-0.2, -0.15) is 0 Å². The van der Waals surface area contributed by atoms with Crippen LogP contribution in [0.15, 0.2) is 59.5 Å². The quantitative estimate of drug-likeness (QED) is 0.487. The maximum absolute atomic E-state index is 13.2. The zero-order valence-electron chi connectivity index (χ0n) is 11.3. The maximum Gasteiger partial charge on any atom is 0.123 e. The highest BCUT2D eigenvalue weighted by Gasteiger charge is 2.09. The average Bonchev–Trinajstić information content (AvgIpc) is 2.47. The summed E-state index contributed by atoms with van der Waals surface area (Å²) in [4.78, 5) is 1.28. The predicted octanol–water partition coefficient (Wildman–Crippen LogP) is 5.41. The van der Waals surface area contributed by atoms with Gasteiger partial charge in [-0.3, -0.25) is 0 Å². The van der Waals surface area contributed by atoms with Gasteiger partial charge in [0.2, 0.25) is 0 Å². The zero-order chi connectivity index (χ0) is 14.2. The van der Waals surface area contributed by atoms with E-state index in [0.717, 1.165) is 24.2 Å². The Bertz CT molecular complexity index is 515. The fourth-order valence-electron chi connectivity index (χ4n) is 2.09. The van der Waals surface area contributed by atoms with Crippen molar-refractivity contribution in [2.45, 2.75) is 17.7 Å². The number of hydrogen-bond acceptors (Lipinski definition) is 1. The molecular formula is C17H18ClFS. The van der Waals surface area contributed by atoms with E-state index in [0.29, 0.717) is 11.8 Å². The van der Waals surface area contributed by atoms with Gasteiger partial charge in [0.1, 0.15) is 5.82 Å². The molecule has 1 atom stereocenters. The summed E-state index contributed by atoms with van der Waals surface area (Å²) < 4.78 is 13.2. The molecule has 0 aliphatic heterocycles. The Kier molecular flexibility index (Phi) is 6.41. The Hall–Kier alpha value is -0.990. The van der Waals surface area contributed by atoms with Gasteiger partial charge in [-0.05, 0) is 54.3 Å². The summed E-state index contributed by atoms with van der Waals surface area (Å²) in [5.74, 6) is 1.88. The second kappa shape index (κ2) is 8.33. The molecule has 0 radical (unpaired) electrons. The van der Waals surface area contributed by atoms with Crippen LogP contribution >= 0.6 is 23.4 Å². The highest BCUT2D eigenvalue weighted by Crippen LogP contribution is 2.22. The summed E-state index contributed by atoms with van der Waals surface area (Å²) in [5, 5.41) is 0. The van der Waals surface area contributed by atoms with Crippen LogP contribution in [-0.4, -0.2) is 11.6 Å². The van der Waals surface area contributed by atoms with Crippen LogP contribution in [0.25, 0.3) is 0 Å². The van der Waals surface area contributed by atoms with Crippen molar-refractivity contribution in [3.05, 3.63) is 66.0 Å². The highest BCUT2D eigenvalue weighted by atomic mass is 35.5. The molecule has 0 amide bonds. The van der Waals surface area contributed by atoms with Crippen LogP contribution in [0.3, 0.4) is 0 Å². The lowest BCUT2D eigenvalue weighted by molar-refractivity contribution is 0.566. The molecule has 2 aromatic carbocycles. The molecular weight excluding hydrogens is 291 g/mol. The lowest BCUT2D eigenvalue weighted by atomic mass is 9.99. The van der Waals surface area contributed by atoms with Crippen molar-refractivity contribution in [2.24, 2.45) is 5.92 Å². The number of hydrogen-bond donors (Lipinski definition) is 0. The molecule has 106 valence electrons. The normalized spacial score (nSPS) is 12.3. The molecule has 3 heteroatoms. The summed E-state index contributed by atoms with van der Waals surface area (Å²) in [7, 11) is 0. The van der Waals surface area contributed by atoms with E-state index in [4.69, 9.17) is 11.6 Å². The molecule has 0 heterocycles. The van der Waals surface area contributed by atoms with Gasteiger partial charge in [-0.25, -0.2) is 4.39 Å². The molecule has 0 aliphatic rings. The van der Waals surface area contributed by atoms with E-state index in [-0.39, 0.29) is 5.82 Å². The van der Waals surface area contributed by atoms with Crippen LogP contribution in [0.5, 0.6) is 0 Å². The topological polar surface area (TPSA) is 0 Å². The van der Waals surface area contributed by atoms with E-state index < -0.39 is 0 Å². The number of benzene rings is 2. The number of rotatable bonds is 7. The van der Waals surface area contributed by atoms with Crippen molar-refractivity contribution in [3.8, 4) is 0 Å². The van der Waals surface area contributed by atoms with Gasteiger partial charge in [-0.1, -0.05) is 30.3 Å². The van der Waals surface area contributed by atoms with Crippen LogP contribution in [0.1, 0.15) is 12.0 Å². The van der Waals surface area contributed by atoms with Crippen LogP contribution in [0.4, 0.5) is 4.39 Å². The van der Waals surface area contributed by atoms with Crippen molar-refractivity contribution < 1.29 is 4.39 Å². The Morgan fingerprint density at radius 3 is 2.55 bits per heavy atom. The second-order valence-electron chi connectivity index (χ2n) is 4.80. The SMILES string of the molecule is Fc1cccc(CC(CCl)CCSc2ccccc2)c1. The van der Waals surface area contributed by atoms with Crippen molar-refractivity contribution >= 4 is 23.4 Å². The van der Waals surface area contributed by atoms with Gasteiger partial charge in [0.25, 0.3) is 0 Å². The standard InChI is InChI=1S/C17H18ClFS/c18-13-15(11-14-5-4-6-16(19)12-14)9-10-20-17-7-2-1-3-8-17/h1-8,12,15H,9-11,13H2. The Labute approximate surface area is 129 Å². The van der Waals surface area contributed by atoms with E-state index in [1.807, 2.05) is 36.0 Å². The van der Waals surface area contributed by atoms with Crippen molar-refractivity contribution in [3.63, 3.8) is 0 Å². The first-order valence-corrected chi connectivity index (χ1v) is 8.28. The molecule has 2 aromatic rings. The lowest BCUT2D eigenvalue weighted by Crippen LogP contribution is -2.08. The maximum atomic E-state index is 13.2. The molecule has 0 nitrogen and oxygen atoms in total. The molecule has 0 spiro atoms. The molecule has 0 saturated heterocycles. The first-order valence-electron chi connectivity index (χ1n) is 6.76. The number of thioether (sulfide) groups is 1. The number of halogens is 2. The van der Waals surface area contributed by atoms with Crippen LogP contribution in [-0.2, 0) is 6.42 Å². The van der Waals surface area contributed by atoms with Crippen molar-refractivity contribution in [1.82, 2.24) is 0 Å². The molecule has 0 saturated carbocycles. The van der Waals surface area contributed by atoms with E-state index >= 15 is 0 Å². The number of alkyl halides is 1. The fraction of sp³-hybridized carbons (Fsp3) is 0.294. The third-order valence-corrected chi connectivity index (χ3v) is 4.65. The van der Waals surface area contributed by atoms with Gasteiger partial charge >= 0.3 is 0 Å². The Morgan fingerprint density at radius 2 is 1.85 bits per heavy atom. The lowest BCUT2D eigenvalue weighted by Gasteiger charge is -2.13. The van der Waals surface area contributed by atoms with Gasteiger partial charge in [0.05, 0.1) is 0 Å². The molecule has 0 fully saturated rings. The monoisotopic (exact) mass is 308 g/mol. The van der Waals surface area contributed by atoms with Crippen LogP contribution in [0, 0.1) is 11.7 Å². The van der Waals surface area contributed by atoms with E-state index in [1.54, 1.807) is 12.1 Å². The Balaban J connectivity index is 1.80. The highest BCUT2D eigenvalue weighted by molar-refractivity contribution is 7.99. The third kappa shape index (κ3) is 5.18. The average molecular weight is 309 g/mol.